The fourth-order valence-electron chi connectivity index (χ4n) is 2.89. The number of halogens is 5. The summed E-state index contributed by atoms with van der Waals surface area (Å²) in [6.45, 7) is 1.52. The molecule has 1 amide bonds. The van der Waals surface area contributed by atoms with E-state index in [0.29, 0.717) is 16.5 Å². The number of carbonyl (C=O) groups is 2. The van der Waals surface area contributed by atoms with E-state index in [9.17, 15) is 32.3 Å². The largest absolute Gasteiger partial charge is 0.545 e. The molecule has 2 N–H and O–H groups in total. The van der Waals surface area contributed by atoms with E-state index < -0.39 is 40.5 Å². The third-order valence-corrected chi connectivity index (χ3v) is 4.60. The highest BCUT2D eigenvalue weighted by atomic mass is 35.5. The van der Waals surface area contributed by atoms with Gasteiger partial charge in [-0.25, -0.2) is 4.39 Å². The zero-order chi connectivity index (χ0) is 21.5. The third kappa shape index (κ3) is 4.19. The number of hydrogen-bond acceptors (Lipinski definition) is 3. The summed E-state index contributed by atoms with van der Waals surface area (Å²) in [7, 11) is 0. The van der Waals surface area contributed by atoms with Crippen molar-refractivity contribution in [1.82, 2.24) is 10.3 Å². The lowest BCUT2D eigenvalue weighted by Gasteiger charge is -2.22. The highest BCUT2D eigenvalue weighted by molar-refractivity contribution is 6.30. The summed E-state index contributed by atoms with van der Waals surface area (Å²) < 4.78 is 53.7. The van der Waals surface area contributed by atoms with Crippen LogP contribution in [-0.2, 0) is 0 Å². The maximum Gasteiger partial charge on any atom is 0.412 e. The van der Waals surface area contributed by atoms with Crippen molar-refractivity contribution in [3.8, 4) is 0 Å². The number of aromatic nitrogens is 1. The maximum atomic E-state index is 13.5. The summed E-state index contributed by atoms with van der Waals surface area (Å²) in [6.07, 6.45) is -4.87. The number of fused-ring (bicyclic) bond motifs is 1. The summed E-state index contributed by atoms with van der Waals surface area (Å²) in [6, 6.07) is 3.93. The highest BCUT2D eigenvalue weighted by Crippen LogP contribution is 2.34. The number of alkyl halides is 3. The summed E-state index contributed by atoms with van der Waals surface area (Å²) in [5.41, 5.74) is -0.0233. The number of aromatic amines is 1. The van der Waals surface area contributed by atoms with Crippen molar-refractivity contribution in [2.24, 2.45) is 0 Å². The molecule has 0 saturated carbocycles. The van der Waals surface area contributed by atoms with E-state index in [1.807, 2.05) is 5.32 Å². The average molecular weight is 428 g/mol. The van der Waals surface area contributed by atoms with Crippen molar-refractivity contribution in [3.05, 3.63) is 69.6 Å². The Bertz CT molecular complexity index is 1120. The molecule has 1 atom stereocenters. The topological polar surface area (TPSA) is 85.0 Å². The molecular formula is C19H12ClF4N2O3-. The minimum absolute atomic E-state index is 0.0995. The first-order valence-electron chi connectivity index (χ1n) is 8.14. The first-order chi connectivity index (χ1) is 13.5. The number of carboxylic acids is 1. The number of nitrogens with one attached hydrogen (secondary N) is 2. The SMILES string of the molecule is Cc1cc2[nH]c(C(=O)NC(c3ccc(F)c(Cl)c3)C(F)(F)F)cc2cc1C(=O)[O-]. The second-order valence-electron chi connectivity index (χ2n) is 6.35. The van der Waals surface area contributed by atoms with Gasteiger partial charge in [0.05, 0.1) is 11.0 Å². The Morgan fingerprint density at radius 1 is 1.17 bits per heavy atom. The van der Waals surface area contributed by atoms with Gasteiger partial charge in [-0.1, -0.05) is 17.7 Å². The molecule has 0 saturated heterocycles. The van der Waals surface area contributed by atoms with Gasteiger partial charge in [-0.05, 0) is 48.4 Å². The van der Waals surface area contributed by atoms with Crippen LogP contribution >= 0.6 is 11.6 Å². The molecule has 29 heavy (non-hydrogen) atoms. The van der Waals surface area contributed by atoms with Crippen molar-refractivity contribution in [2.45, 2.75) is 19.1 Å². The van der Waals surface area contributed by atoms with Crippen LogP contribution in [0, 0.1) is 12.7 Å². The standard InChI is InChI=1S/C19H13ClF4N2O3/c1-8-4-14-10(5-11(8)18(28)29)7-15(25-14)17(27)26-16(19(22,23)24)9-2-3-13(21)12(20)6-9/h2-7,16,25H,1H3,(H,26,27)(H,28,29)/p-1. The molecule has 5 nitrogen and oxygen atoms in total. The molecule has 3 aromatic rings. The minimum atomic E-state index is -4.87. The molecular weight excluding hydrogens is 416 g/mol. The molecule has 3 rings (SSSR count). The molecule has 0 radical (unpaired) electrons. The van der Waals surface area contributed by atoms with Crippen LogP contribution in [0.3, 0.4) is 0 Å². The lowest BCUT2D eigenvalue weighted by molar-refractivity contribution is -0.255. The number of rotatable bonds is 4. The quantitative estimate of drug-likeness (QED) is 0.623. The van der Waals surface area contributed by atoms with Gasteiger partial charge in [-0.15, -0.1) is 0 Å². The zero-order valence-corrected chi connectivity index (χ0v) is 15.4. The van der Waals surface area contributed by atoms with Crippen molar-refractivity contribution < 1.29 is 32.3 Å². The number of hydrogen-bond donors (Lipinski definition) is 2. The first kappa shape index (κ1) is 20.7. The Balaban J connectivity index is 1.95. The van der Waals surface area contributed by atoms with Gasteiger partial charge < -0.3 is 20.2 Å². The fraction of sp³-hybridized carbons (Fsp3) is 0.158. The van der Waals surface area contributed by atoms with E-state index in [1.165, 1.54) is 25.1 Å². The number of amides is 1. The predicted octanol–water partition coefficient (Wildman–Crippen LogP) is 3.67. The third-order valence-electron chi connectivity index (χ3n) is 4.31. The molecule has 0 aliphatic heterocycles. The van der Waals surface area contributed by atoms with E-state index in [1.54, 1.807) is 0 Å². The first-order valence-corrected chi connectivity index (χ1v) is 8.52. The average Bonchev–Trinajstić information content (AvgIpc) is 3.03. The van der Waals surface area contributed by atoms with Crippen molar-refractivity contribution in [3.63, 3.8) is 0 Å². The van der Waals surface area contributed by atoms with Crippen LogP contribution in [0.2, 0.25) is 5.02 Å². The molecule has 0 bridgehead atoms. The zero-order valence-electron chi connectivity index (χ0n) is 14.7. The second kappa shape index (κ2) is 7.40. The highest BCUT2D eigenvalue weighted by Gasteiger charge is 2.42. The molecule has 0 spiro atoms. The fourth-order valence-corrected chi connectivity index (χ4v) is 3.08. The van der Waals surface area contributed by atoms with Gasteiger partial charge in [-0.2, -0.15) is 13.2 Å². The molecule has 152 valence electrons. The van der Waals surface area contributed by atoms with Gasteiger partial charge in [-0.3, -0.25) is 4.79 Å². The lowest BCUT2D eigenvalue weighted by Crippen LogP contribution is -2.38. The minimum Gasteiger partial charge on any atom is -0.545 e. The van der Waals surface area contributed by atoms with E-state index in [0.717, 1.165) is 18.2 Å². The van der Waals surface area contributed by atoms with Crippen LogP contribution in [0.4, 0.5) is 17.6 Å². The molecule has 0 fully saturated rings. The predicted molar refractivity (Wildman–Crippen MR) is 95.0 cm³/mol. The molecule has 1 unspecified atom stereocenters. The van der Waals surface area contributed by atoms with Crippen molar-refractivity contribution in [1.29, 1.82) is 0 Å². The van der Waals surface area contributed by atoms with Gasteiger partial charge in [0.25, 0.3) is 5.91 Å². The Kier molecular flexibility index (Phi) is 5.27. The summed E-state index contributed by atoms with van der Waals surface area (Å²) in [4.78, 5) is 26.2. The normalized spacial score (nSPS) is 12.8. The number of aryl methyl sites for hydroxylation is 1. The molecule has 1 heterocycles. The molecule has 0 aliphatic carbocycles. The molecule has 0 aliphatic rings. The number of H-pyrrole nitrogens is 1. The van der Waals surface area contributed by atoms with Crippen molar-refractivity contribution in [2.75, 3.05) is 0 Å². The van der Waals surface area contributed by atoms with E-state index >= 15 is 0 Å². The van der Waals surface area contributed by atoms with Gasteiger partial charge >= 0.3 is 6.18 Å². The van der Waals surface area contributed by atoms with Crippen molar-refractivity contribution >= 4 is 34.4 Å². The van der Waals surface area contributed by atoms with Crippen LogP contribution in [0.25, 0.3) is 10.9 Å². The number of benzene rings is 2. The second-order valence-corrected chi connectivity index (χ2v) is 6.75. The molecule has 10 heteroatoms. The number of carbonyl (C=O) groups excluding carboxylic acids is 2. The van der Waals surface area contributed by atoms with E-state index in [-0.39, 0.29) is 11.3 Å². The van der Waals surface area contributed by atoms with Gasteiger partial charge in [0.2, 0.25) is 0 Å². The van der Waals surface area contributed by atoms with Crippen LogP contribution in [0.1, 0.15) is 38.0 Å². The lowest BCUT2D eigenvalue weighted by atomic mass is 10.1. The Morgan fingerprint density at radius 2 is 1.86 bits per heavy atom. The van der Waals surface area contributed by atoms with Gasteiger partial charge in [0, 0.05) is 16.5 Å². The van der Waals surface area contributed by atoms with Crippen LogP contribution in [0.5, 0.6) is 0 Å². The molecule has 1 aromatic heterocycles. The summed E-state index contributed by atoms with van der Waals surface area (Å²) in [5.74, 6) is -3.39. The Labute approximate surface area is 166 Å². The summed E-state index contributed by atoms with van der Waals surface area (Å²) in [5, 5.41) is 12.8. The number of aromatic carboxylic acids is 1. The van der Waals surface area contributed by atoms with E-state index in [4.69, 9.17) is 11.6 Å². The van der Waals surface area contributed by atoms with Crippen LogP contribution < -0.4 is 10.4 Å². The number of carboxylic acid groups (broad SMARTS) is 1. The van der Waals surface area contributed by atoms with Crippen LogP contribution in [0.15, 0.2) is 36.4 Å². The molecule has 2 aromatic carbocycles. The van der Waals surface area contributed by atoms with Crippen LogP contribution in [-0.4, -0.2) is 23.0 Å². The van der Waals surface area contributed by atoms with E-state index in [2.05, 4.69) is 4.98 Å². The summed E-state index contributed by atoms with van der Waals surface area (Å²) >= 11 is 5.56. The Hall–Kier alpha value is -3.07. The smallest absolute Gasteiger partial charge is 0.412 e. The maximum absolute atomic E-state index is 13.5. The Morgan fingerprint density at radius 3 is 2.45 bits per heavy atom. The monoisotopic (exact) mass is 427 g/mol. The van der Waals surface area contributed by atoms with Gasteiger partial charge in [0.1, 0.15) is 11.5 Å². The van der Waals surface area contributed by atoms with Gasteiger partial charge in [0.15, 0.2) is 6.04 Å².